The molecule has 1 unspecified atom stereocenters. The van der Waals surface area contributed by atoms with Gasteiger partial charge in [-0.2, -0.15) is 0 Å². The highest BCUT2D eigenvalue weighted by atomic mass is 32.1. The zero-order valence-electron chi connectivity index (χ0n) is 8.63. The van der Waals surface area contributed by atoms with Crippen LogP contribution in [0, 0.1) is 6.92 Å². The molecule has 1 aromatic heterocycles. The largest absolute Gasteiger partial charge is 0.384 e. The van der Waals surface area contributed by atoms with E-state index < -0.39 is 5.60 Å². The smallest absolute Gasteiger partial charge is 0.0985 e. The van der Waals surface area contributed by atoms with Crippen LogP contribution in [-0.2, 0) is 5.60 Å². The molecule has 1 aromatic rings. The van der Waals surface area contributed by atoms with E-state index in [0.717, 1.165) is 24.1 Å². The summed E-state index contributed by atoms with van der Waals surface area (Å²) in [6, 6.07) is 4.13. The molecule has 2 heteroatoms. The van der Waals surface area contributed by atoms with Crippen LogP contribution in [-0.4, -0.2) is 5.11 Å². The fraction of sp³-hybridized carbons (Fsp3) is 0.636. The van der Waals surface area contributed by atoms with E-state index in [4.69, 9.17) is 0 Å². The zero-order chi connectivity index (χ0) is 9.90. The molecule has 0 aliphatic heterocycles. The SMILES string of the molecule is CCCC(O)(CC)c1ccc(C)s1. The van der Waals surface area contributed by atoms with Crippen LogP contribution in [0.3, 0.4) is 0 Å². The molecule has 74 valence electrons. The molecule has 0 amide bonds. The molecular formula is C11H18OS. The molecule has 0 radical (unpaired) electrons. The van der Waals surface area contributed by atoms with Crippen molar-refractivity contribution in [1.82, 2.24) is 0 Å². The Morgan fingerprint density at radius 3 is 2.46 bits per heavy atom. The van der Waals surface area contributed by atoms with Crippen molar-refractivity contribution in [2.45, 2.75) is 45.6 Å². The summed E-state index contributed by atoms with van der Waals surface area (Å²) in [5.74, 6) is 0. The summed E-state index contributed by atoms with van der Waals surface area (Å²) in [5, 5.41) is 10.3. The van der Waals surface area contributed by atoms with E-state index in [9.17, 15) is 5.11 Å². The van der Waals surface area contributed by atoms with Crippen LogP contribution in [0.5, 0.6) is 0 Å². The van der Waals surface area contributed by atoms with E-state index in [1.54, 1.807) is 11.3 Å². The number of hydrogen-bond donors (Lipinski definition) is 1. The van der Waals surface area contributed by atoms with Gasteiger partial charge in [0.2, 0.25) is 0 Å². The molecule has 1 N–H and O–H groups in total. The highest BCUT2D eigenvalue weighted by Gasteiger charge is 2.27. The van der Waals surface area contributed by atoms with Crippen LogP contribution >= 0.6 is 11.3 Å². The Balaban J connectivity index is 2.88. The normalized spacial score (nSPS) is 15.7. The second-order valence-electron chi connectivity index (χ2n) is 3.55. The lowest BCUT2D eigenvalue weighted by atomic mass is 9.93. The molecule has 1 nitrogen and oxygen atoms in total. The maximum atomic E-state index is 10.3. The minimum absolute atomic E-state index is 0.576. The summed E-state index contributed by atoms with van der Waals surface area (Å²) in [4.78, 5) is 2.40. The molecule has 0 aliphatic carbocycles. The van der Waals surface area contributed by atoms with E-state index in [2.05, 4.69) is 26.0 Å². The first-order valence-corrected chi connectivity index (χ1v) is 5.73. The Labute approximate surface area is 84.4 Å². The van der Waals surface area contributed by atoms with Gasteiger partial charge in [0.15, 0.2) is 0 Å². The molecule has 1 rings (SSSR count). The maximum Gasteiger partial charge on any atom is 0.0985 e. The molecule has 0 fully saturated rings. The predicted molar refractivity (Wildman–Crippen MR) is 58.2 cm³/mol. The predicted octanol–water partition coefficient (Wildman–Crippen LogP) is 3.45. The summed E-state index contributed by atoms with van der Waals surface area (Å²) in [6.45, 7) is 6.24. The maximum absolute atomic E-state index is 10.3. The van der Waals surface area contributed by atoms with Gasteiger partial charge in [0.25, 0.3) is 0 Å². The van der Waals surface area contributed by atoms with Gasteiger partial charge in [-0.05, 0) is 31.9 Å². The Morgan fingerprint density at radius 2 is 2.08 bits per heavy atom. The number of rotatable bonds is 4. The van der Waals surface area contributed by atoms with Gasteiger partial charge in [-0.15, -0.1) is 11.3 Å². The summed E-state index contributed by atoms with van der Waals surface area (Å²) in [6.07, 6.45) is 2.70. The van der Waals surface area contributed by atoms with Gasteiger partial charge >= 0.3 is 0 Å². The molecule has 0 bridgehead atoms. The van der Waals surface area contributed by atoms with Crippen molar-refractivity contribution in [1.29, 1.82) is 0 Å². The lowest BCUT2D eigenvalue weighted by Crippen LogP contribution is -2.22. The van der Waals surface area contributed by atoms with Gasteiger partial charge in [0.1, 0.15) is 0 Å². The van der Waals surface area contributed by atoms with Crippen LogP contribution in [0.2, 0.25) is 0 Å². The second-order valence-corrected chi connectivity index (χ2v) is 4.83. The Bertz CT molecular complexity index is 267. The lowest BCUT2D eigenvalue weighted by Gasteiger charge is -2.24. The second kappa shape index (κ2) is 4.25. The third-order valence-corrected chi connectivity index (χ3v) is 3.64. The molecule has 0 aromatic carbocycles. The van der Waals surface area contributed by atoms with Crippen LogP contribution in [0.25, 0.3) is 0 Å². The monoisotopic (exact) mass is 198 g/mol. The number of hydrogen-bond acceptors (Lipinski definition) is 2. The standard InChI is InChI=1S/C11H18OS/c1-4-8-11(12,5-2)10-7-6-9(3)13-10/h6-7,12H,4-5,8H2,1-3H3. The van der Waals surface area contributed by atoms with E-state index in [-0.39, 0.29) is 0 Å². The third-order valence-electron chi connectivity index (χ3n) is 2.45. The minimum atomic E-state index is -0.576. The Kier molecular flexibility index (Phi) is 3.51. The average molecular weight is 198 g/mol. The number of aryl methyl sites for hydroxylation is 1. The van der Waals surface area contributed by atoms with E-state index >= 15 is 0 Å². The van der Waals surface area contributed by atoms with E-state index in [1.165, 1.54) is 4.88 Å². The van der Waals surface area contributed by atoms with Crippen molar-refractivity contribution in [3.8, 4) is 0 Å². The van der Waals surface area contributed by atoms with Crippen LogP contribution < -0.4 is 0 Å². The van der Waals surface area contributed by atoms with Crippen molar-refractivity contribution < 1.29 is 5.11 Å². The van der Waals surface area contributed by atoms with Crippen LogP contribution in [0.1, 0.15) is 42.9 Å². The van der Waals surface area contributed by atoms with Crippen molar-refractivity contribution in [3.05, 3.63) is 21.9 Å². The van der Waals surface area contributed by atoms with Gasteiger partial charge in [0, 0.05) is 9.75 Å². The summed E-state index contributed by atoms with van der Waals surface area (Å²) in [7, 11) is 0. The van der Waals surface area contributed by atoms with Crippen LogP contribution in [0.4, 0.5) is 0 Å². The molecule has 1 atom stereocenters. The first kappa shape index (κ1) is 10.7. The molecule has 0 saturated heterocycles. The molecular weight excluding hydrogens is 180 g/mol. The summed E-state index contributed by atoms with van der Waals surface area (Å²) < 4.78 is 0. The molecule has 0 saturated carbocycles. The van der Waals surface area contributed by atoms with Crippen molar-refractivity contribution >= 4 is 11.3 Å². The Morgan fingerprint density at radius 1 is 1.38 bits per heavy atom. The molecule has 0 aliphatic rings. The fourth-order valence-electron chi connectivity index (χ4n) is 1.57. The zero-order valence-corrected chi connectivity index (χ0v) is 9.45. The van der Waals surface area contributed by atoms with Gasteiger partial charge in [-0.25, -0.2) is 0 Å². The minimum Gasteiger partial charge on any atom is -0.384 e. The Hall–Kier alpha value is -0.340. The van der Waals surface area contributed by atoms with E-state index in [0.29, 0.717) is 0 Å². The van der Waals surface area contributed by atoms with Gasteiger partial charge in [-0.3, -0.25) is 0 Å². The van der Waals surface area contributed by atoms with Crippen molar-refractivity contribution in [3.63, 3.8) is 0 Å². The van der Waals surface area contributed by atoms with Gasteiger partial charge in [0.05, 0.1) is 5.60 Å². The van der Waals surface area contributed by atoms with Gasteiger partial charge in [-0.1, -0.05) is 20.3 Å². The highest BCUT2D eigenvalue weighted by Crippen LogP contribution is 2.34. The number of thiophene rings is 1. The first-order valence-electron chi connectivity index (χ1n) is 4.91. The summed E-state index contributed by atoms with van der Waals surface area (Å²) in [5.41, 5.74) is -0.576. The van der Waals surface area contributed by atoms with E-state index in [1.807, 2.05) is 6.92 Å². The molecule has 13 heavy (non-hydrogen) atoms. The topological polar surface area (TPSA) is 20.2 Å². The lowest BCUT2D eigenvalue weighted by molar-refractivity contribution is 0.0263. The molecule has 1 heterocycles. The van der Waals surface area contributed by atoms with Gasteiger partial charge < -0.3 is 5.11 Å². The first-order chi connectivity index (χ1) is 6.12. The summed E-state index contributed by atoms with van der Waals surface area (Å²) >= 11 is 1.71. The number of aliphatic hydroxyl groups is 1. The fourth-order valence-corrected chi connectivity index (χ4v) is 2.63. The third kappa shape index (κ3) is 2.32. The van der Waals surface area contributed by atoms with Crippen LogP contribution in [0.15, 0.2) is 12.1 Å². The highest BCUT2D eigenvalue weighted by molar-refractivity contribution is 7.12. The quantitative estimate of drug-likeness (QED) is 0.785. The molecule has 0 spiro atoms. The average Bonchev–Trinajstić information content (AvgIpc) is 2.52. The van der Waals surface area contributed by atoms with Crippen molar-refractivity contribution in [2.75, 3.05) is 0 Å². The van der Waals surface area contributed by atoms with Crippen molar-refractivity contribution in [2.24, 2.45) is 0 Å².